The van der Waals surface area contributed by atoms with E-state index in [2.05, 4.69) is 6.92 Å². The van der Waals surface area contributed by atoms with E-state index in [-0.39, 0.29) is 17.4 Å². The van der Waals surface area contributed by atoms with E-state index >= 15 is 0 Å². The van der Waals surface area contributed by atoms with Crippen LogP contribution in [0.4, 0.5) is 0 Å². The first kappa shape index (κ1) is 26.6. The third kappa shape index (κ3) is 6.64. The molecule has 4 rings (SSSR count). The van der Waals surface area contributed by atoms with Gasteiger partial charge < -0.3 is 10.6 Å². The van der Waals surface area contributed by atoms with Crippen LogP contribution >= 0.6 is 11.6 Å². The lowest BCUT2D eigenvalue weighted by Gasteiger charge is -2.26. The summed E-state index contributed by atoms with van der Waals surface area (Å²) in [4.78, 5) is 33.6. The number of carbonyl (C=O) groups is 1. The Morgan fingerprint density at radius 2 is 1.81 bits per heavy atom. The van der Waals surface area contributed by atoms with Crippen LogP contribution in [0, 0.1) is 12.8 Å². The Labute approximate surface area is 222 Å². The summed E-state index contributed by atoms with van der Waals surface area (Å²) in [6.45, 7) is 6.12. The average molecular weight is 517 g/mol. The number of aryl methyl sites for hydroxylation is 1. The van der Waals surface area contributed by atoms with Crippen molar-refractivity contribution < 1.29 is 4.79 Å². The zero-order chi connectivity index (χ0) is 26.4. The van der Waals surface area contributed by atoms with Crippen molar-refractivity contribution in [1.29, 1.82) is 0 Å². The number of nitrogens with zero attached hydrogens (tertiary/aromatic N) is 3. The maximum Gasteiger partial charge on any atom is 0.261 e. The van der Waals surface area contributed by atoms with E-state index in [9.17, 15) is 9.59 Å². The summed E-state index contributed by atoms with van der Waals surface area (Å²) < 4.78 is 1.74. The Kier molecular flexibility index (Phi) is 8.74. The smallest absolute Gasteiger partial charge is 0.261 e. The van der Waals surface area contributed by atoms with E-state index < -0.39 is 0 Å². The first-order valence-corrected chi connectivity index (χ1v) is 13.0. The summed E-state index contributed by atoms with van der Waals surface area (Å²) in [7, 11) is 0. The summed E-state index contributed by atoms with van der Waals surface area (Å²) in [5.41, 5.74) is 9.05. The molecule has 0 aliphatic heterocycles. The molecule has 192 valence electrons. The summed E-state index contributed by atoms with van der Waals surface area (Å²) in [6, 6.07) is 22.7. The predicted molar refractivity (Wildman–Crippen MR) is 150 cm³/mol. The van der Waals surface area contributed by atoms with Crippen LogP contribution in [0.3, 0.4) is 0 Å². The minimum Gasteiger partial charge on any atom is -0.338 e. The van der Waals surface area contributed by atoms with Crippen molar-refractivity contribution >= 4 is 28.4 Å². The lowest BCUT2D eigenvalue weighted by atomic mass is 10.0. The third-order valence-corrected chi connectivity index (χ3v) is 6.70. The summed E-state index contributed by atoms with van der Waals surface area (Å²) in [5.74, 6) is 0.718. The van der Waals surface area contributed by atoms with Crippen molar-refractivity contribution in [2.45, 2.75) is 33.2 Å². The van der Waals surface area contributed by atoms with Gasteiger partial charge in [-0.25, -0.2) is 4.98 Å². The van der Waals surface area contributed by atoms with E-state index in [0.29, 0.717) is 59.9 Å². The maximum atomic E-state index is 13.5. The minimum atomic E-state index is -0.0940. The molecule has 7 heteroatoms. The number of nitrogens with two attached hydrogens (primary N) is 1. The Bertz CT molecular complexity index is 1420. The summed E-state index contributed by atoms with van der Waals surface area (Å²) in [6.07, 6.45) is 1.25. The monoisotopic (exact) mass is 516 g/mol. The van der Waals surface area contributed by atoms with Crippen LogP contribution in [0.1, 0.15) is 40.7 Å². The molecule has 4 aromatic rings. The molecule has 2 N–H and O–H groups in total. The van der Waals surface area contributed by atoms with Gasteiger partial charge in [-0.05, 0) is 61.7 Å². The zero-order valence-electron chi connectivity index (χ0n) is 21.4. The predicted octanol–water partition coefficient (Wildman–Crippen LogP) is 5.08. The van der Waals surface area contributed by atoms with Gasteiger partial charge in [0.05, 0.1) is 17.4 Å². The van der Waals surface area contributed by atoms with Crippen molar-refractivity contribution in [3.8, 4) is 0 Å². The van der Waals surface area contributed by atoms with Gasteiger partial charge in [0.15, 0.2) is 0 Å². The van der Waals surface area contributed by atoms with E-state index in [4.69, 9.17) is 22.3 Å². The fourth-order valence-corrected chi connectivity index (χ4v) is 4.68. The molecule has 0 aliphatic rings. The normalized spacial score (nSPS) is 12.0. The molecule has 0 aliphatic carbocycles. The van der Waals surface area contributed by atoms with E-state index in [0.717, 1.165) is 17.5 Å². The van der Waals surface area contributed by atoms with Crippen LogP contribution in [-0.2, 0) is 13.0 Å². The number of hydrogen-bond acceptors (Lipinski definition) is 4. The number of fused-ring (bicyclic) bond motifs is 1. The molecule has 37 heavy (non-hydrogen) atoms. The molecular formula is C30H33ClN4O2. The third-order valence-electron chi connectivity index (χ3n) is 6.46. The lowest BCUT2D eigenvalue weighted by Crippen LogP contribution is -2.37. The highest BCUT2D eigenvalue weighted by molar-refractivity contribution is 6.31. The number of benzene rings is 3. The molecule has 0 spiro atoms. The highest BCUT2D eigenvalue weighted by atomic mass is 35.5. The summed E-state index contributed by atoms with van der Waals surface area (Å²) in [5, 5.41) is 1.08. The number of hydrogen-bond donors (Lipinski definition) is 1. The quantitative estimate of drug-likeness (QED) is 0.319. The number of rotatable bonds is 10. The second-order valence-electron chi connectivity index (χ2n) is 9.64. The number of aromatic nitrogens is 2. The van der Waals surface area contributed by atoms with Gasteiger partial charge in [-0.1, -0.05) is 66.6 Å². The summed E-state index contributed by atoms with van der Waals surface area (Å²) >= 11 is 6.22. The lowest BCUT2D eigenvalue weighted by molar-refractivity contribution is 0.0730. The fraction of sp³-hybridized carbons (Fsp3) is 0.300. The second kappa shape index (κ2) is 12.2. The van der Waals surface area contributed by atoms with Gasteiger partial charge in [-0.15, -0.1) is 0 Å². The molecule has 1 aromatic heterocycles. The molecule has 1 atom stereocenters. The Morgan fingerprint density at radius 1 is 1.08 bits per heavy atom. The van der Waals surface area contributed by atoms with Gasteiger partial charge in [0.25, 0.3) is 11.5 Å². The largest absolute Gasteiger partial charge is 0.338 e. The van der Waals surface area contributed by atoms with Crippen LogP contribution < -0.4 is 11.3 Å². The van der Waals surface area contributed by atoms with Gasteiger partial charge >= 0.3 is 0 Å². The second-order valence-corrected chi connectivity index (χ2v) is 10.1. The van der Waals surface area contributed by atoms with E-state index in [1.807, 2.05) is 66.4 Å². The van der Waals surface area contributed by atoms with Gasteiger partial charge in [0.2, 0.25) is 0 Å². The van der Waals surface area contributed by atoms with Gasteiger partial charge in [-0.2, -0.15) is 0 Å². The van der Waals surface area contributed by atoms with Crippen molar-refractivity contribution in [3.63, 3.8) is 0 Å². The highest BCUT2D eigenvalue weighted by Gasteiger charge is 2.21. The minimum absolute atomic E-state index is 0.0137. The van der Waals surface area contributed by atoms with Gasteiger partial charge in [0, 0.05) is 30.1 Å². The molecule has 3 aromatic carbocycles. The zero-order valence-corrected chi connectivity index (χ0v) is 22.1. The van der Waals surface area contributed by atoms with Crippen molar-refractivity contribution in [2.75, 3.05) is 19.6 Å². The van der Waals surface area contributed by atoms with Gasteiger partial charge in [0.1, 0.15) is 5.82 Å². The molecule has 1 heterocycles. The molecule has 6 nitrogen and oxygen atoms in total. The Balaban J connectivity index is 1.64. The Hall–Kier alpha value is -3.48. The molecular weight excluding hydrogens is 484 g/mol. The number of halogens is 1. The molecule has 0 radical (unpaired) electrons. The van der Waals surface area contributed by atoms with Crippen LogP contribution in [-0.4, -0.2) is 40.0 Å². The van der Waals surface area contributed by atoms with Crippen molar-refractivity contribution in [3.05, 3.63) is 111 Å². The number of carbonyl (C=O) groups excluding carboxylic acids is 1. The van der Waals surface area contributed by atoms with E-state index in [1.54, 1.807) is 22.8 Å². The topological polar surface area (TPSA) is 81.2 Å². The number of amides is 1. The molecule has 0 fully saturated rings. The van der Waals surface area contributed by atoms with Crippen LogP contribution in [0.25, 0.3) is 10.9 Å². The van der Waals surface area contributed by atoms with Crippen molar-refractivity contribution in [1.82, 2.24) is 14.5 Å². The van der Waals surface area contributed by atoms with Gasteiger partial charge in [-0.3, -0.25) is 14.2 Å². The van der Waals surface area contributed by atoms with Crippen LogP contribution in [0.5, 0.6) is 0 Å². The highest BCUT2D eigenvalue weighted by Crippen LogP contribution is 2.19. The molecule has 1 amide bonds. The standard InChI is InChI=1S/C30H33ClN4O2/c1-21-9-11-24(12-10-21)29(36)34(16-6-15-32)19-22(2)17-28-33-27-18-25(31)13-14-26(27)30(37)35(28)20-23-7-4-3-5-8-23/h3-5,7-14,18,22H,6,15-17,19-20,32H2,1-2H3/t22-/m1/s1. The SMILES string of the molecule is Cc1ccc(C(=O)N(CCCN)C[C@H](C)Cc2nc3cc(Cl)ccc3c(=O)n2Cc2ccccc2)cc1. The van der Waals surface area contributed by atoms with Crippen LogP contribution in [0.2, 0.25) is 5.02 Å². The maximum absolute atomic E-state index is 13.5. The molecule has 0 unspecified atom stereocenters. The molecule has 0 saturated heterocycles. The molecule has 0 bridgehead atoms. The Morgan fingerprint density at radius 3 is 2.51 bits per heavy atom. The first-order chi connectivity index (χ1) is 17.9. The molecule has 0 saturated carbocycles. The average Bonchev–Trinajstić information content (AvgIpc) is 2.89. The fourth-order valence-electron chi connectivity index (χ4n) is 4.51. The van der Waals surface area contributed by atoms with Crippen LogP contribution in [0.15, 0.2) is 77.6 Å². The first-order valence-electron chi connectivity index (χ1n) is 12.6. The van der Waals surface area contributed by atoms with E-state index in [1.165, 1.54) is 0 Å². The van der Waals surface area contributed by atoms with Crippen molar-refractivity contribution in [2.24, 2.45) is 11.7 Å².